The summed E-state index contributed by atoms with van der Waals surface area (Å²) < 4.78 is 32.0. The molecule has 1 aromatic heterocycles. The lowest BCUT2D eigenvalue weighted by Gasteiger charge is -2.19. The van der Waals surface area contributed by atoms with Gasteiger partial charge in [0.15, 0.2) is 0 Å². The number of hydrazine groups is 1. The van der Waals surface area contributed by atoms with Crippen LogP contribution < -0.4 is 15.6 Å². The van der Waals surface area contributed by atoms with Crippen LogP contribution in [-0.4, -0.2) is 26.8 Å². The van der Waals surface area contributed by atoms with E-state index in [9.17, 15) is 18.0 Å². The minimum absolute atomic E-state index is 0.0761. The van der Waals surface area contributed by atoms with Gasteiger partial charge in [-0.3, -0.25) is 20.4 Å². The summed E-state index contributed by atoms with van der Waals surface area (Å²) in [5.74, 6) is -0.614. The van der Waals surface area contributed by atoms with Crippen LogP contribution in [0.3, 0.4) is 0 Å². The van der Waals surface area contributed by atoms with Crippen LogP contribution in [0.4, 0.5) is 0 Å². The van der Waals surface area contributed by atoms with Gasteiger partial charge in [0.25, 0.3) is 5.91 Å². The molecule has 2 amide bonds. The van der Waals surface area contributed by atoms with E-state index < -0.39 is 21.8 Å². The number of furan rings is 1. The smallest absolute Gasteiger partial charge is 0.273 e. The van der Waals surface area contributed by atoms with E-state index in [0.29, 0.717) is 11.3 Å². The Hall–Kier alpha value is -2.65. The van der Waals surface area contributed by atoms with Crippen LogP contribution in [0, 0.1) is 6.92 Å². The van der Waals surface area contributed by atoms with Gasteiger partial charge in [-0.05, 0) is 36.1 Å². The average molecular weight is 407 g/mol. The van der Waals surface area contributed by atoms with Gasteiger partial charge in [0.1, 0.15) is 5.76 Å². The lowest BCUT2D eigenvalue weighted by atomic mass is 9.87. The first-order valence-electron chi connectivity index (χ1n) is 8.74. The zero-order chi connectivity index (χ0) is 20.9. The Morgan fingerprint density at radius 3 is 2.21 bits per heavy atom. The van der Waals surface area contributed by atoms with E-state index in [1.54, 1.807) is 19.1 Å². The van der Waals surface area contributed by atoms with Crippen LogP contribution in [-0.2, 0) is 20.2 Å². The zero-order valence-corrected chi connectivity index (χ0v) is 17.1. The lowest BCUT2D eigenvalue weighted by molar-refractivity contribution is -0.121. The maximum atomic E-state index is 12.3. The Bertz CT molecular complexity index is 941. The molecule has 0 aliphatic heterocycles. The number of aryl methyl sites for hydroxylation is 1. The standard InChI is InChI=1S/C19H25N3O5S/c1-13-16(10-12-27-13)18(24)22-21-17(23)9-11-20-28(25,26)15-7-5-14(6-8-15)19(2,3)4/h5-8,10,12,20H,9,11H2,1-4H3,(H,21,23)(H,22,24). The Morgan fingerprint density at radius 2 is 1.68 bits per heavy atom. The van der Waals surface area contributed by atoms with Crippen molar-refractivity contribution in [3.8, 4) is 0 Å². The van der Waals surface area contributed by atoms with Crippen LogP contribution in [0.2, 0.25) is 0 Å². The summed E-state index contributed by atoms with van der Waals surface area (Å²) >= 11 is 0. The quantitative estimate of drug-likeness (QED) is 0.633. The fraction of sp³-hybridized carbons (Fsp3) is 0.368. The van der Waals surface area contributed by atoms with E-state index in [1.165, 1.54) is 24.5 Å². The molecule has 1 heterocycles. The summed E-state index contributed by atoms with van der Waals surface area (Å²) in [6.07, 6.45) is 1.23. The summed E-state index contributed by atoms with van der Waals surface area (Å²) in [6.45, 7) is 7.65. The normalized spacial score (nSPS) is 11.9. The number of nitrogens with one attached hydrogen (secondary N) is 3. The van der Waals surface area contributed by atoms with Crippen LogP contribution in [0.5, 0.6) is 0 Å². The predicted molar refractivity (Wildman–Crippen MR) is 104 cm³/mol. The number of carbonyl (C=O) groups excluding carboxylic acids is 2. The van der Waals surface area contributed by atoms with Gasteiger partial charge in [-0.15, -0.1) is 0 Å². The molecule has 0 bridgehead atoms. The topological polar surface area (TPSA) is 118 Å². The number of benzene rings is 1. The molecule has 9 heteroatoms. The third-order valence-corrected chi connectivity index (χ3v) is 5.57. The zero-order valence-electron chi connectivity index (χ0n) is 16.3. The molecule has 0 radical (unpaired) electrons. The second-order valence-electron chi connectivity index (χ2n) is 7.31. The molecule has 2 aromatic rings. The van der Waals surface area contributed by atoms with Crippen molar-refractivity contribution in [3.63, 3.8) is 0 Å². The van der Waals surface area contributed by atoms with E-state index >= 15 is 0 Å². The molecule has 0 atom stereocenters. The van der Waals surface area contributed by atoms with Gasteiger partial charge in [0, 0.05) is 13.0 Å². The fourth-order valence-corrected chi connectivity index (χ4v) is 3.43. The van der Waals surface area contributed by atoms with Gasteiger partial charge in [0.2, 0.25) is 15.9 Å². The van der Waals surface area contributed by atoms with Crippen molar-refractivity contribution in [2.24, 2.45) is 0 Å². The molecule has 0 aliphatic carbocycles. The molecule has 0 saturated heterocycles. The largest absolute Gasteiger partial charge is 0.469 e. The number of hydrogen-bond donors (Lipinski definition) is 3. The van der Waals surface area contributed by atoms with Crippen molar-refractivity contribution in [3.05, 3.63) is 53.5 Å². The second kappa shape index (κ2) is 8.57. The van der Waals surface area contributed by atoms with Crippen molar-refractivity contribution in [1.29, 1.82) is 0 Å². The van der Waals surface area contributed by atoms with Crippen molar-refractivity contribution in [2.45, 2.75) is 44.4 Å². The van der Waals surface area contributed by atoms with E-state index in [4.69, 9.17) is 4.42 Å². The number of carbonyl (C=O) groups is 2. The third-order valence-electron chi connectivity index (χ3n) is 4.09. The Balaban J connectivity index is 1.82. The molecule has 0 aliphatic rings. The number of hydrogen-bond acceptors (Lipinski definition) is 5. The molecule has 0 spiro atoms. The summed E-state index contributed by atoms with van der Waals surface area (Å²) in [7, 11) is -3.72. The highest BCUT2D eigenvalue weighted by molar-refractivity contribution is 7.89. The van der Waals surface area contributed by atoms with Crippen LogP contribution in [0.25, 0.3) is 0 Å². The van der Waals surface area contributed by atoms with Crippen LogP contribution in [0.1, 0.15) is 48.9 Å². The van der Waals surface area contributed by atoms with E-state index in [1.807, 2.05) is 20.8 Å². The van der Waals surface area contributed by atoms with Crippen molar-refractivity contribution in [1.82, 2.24) is 15.6 Å². The highest BCUT2D eigenvalue weighted by atomic mass is 32.2. The summed E-state index contributed by atoms with van der Waals surface area (Å²) in [6, 6.07) is 8.10. The number of sulfonamides is 1. The van der Waals surface area contributed by atoms with Gasteiger partial charge >= 0.3 is 0 Å². The van der Waals surface area contributed by atoms with Gasteiger partial charge in [-0.1, -0.05) is 32.9 Å². The van der Waals surface area contributed by atoms with Crippen LogP contribution in [0.15, 0.2) is 45.9 Å². The van der Waals surface area contributed by atoms with Crippen molar-refractivity contribution >= 4 is 21.8 Å². The molecule has 0 fully saturated rings. The van der Waals surface area contributed by atoms with Crippen LogP contribution >= 0.6 is 0 Å². The number of amides is 2. The van der Waals surface area contributed by atoms with E-state index in [2.05, 4.69) is 15.6 Å². The summed E-state index contributed by atoms with van der Waals surface area (Å²) in [5, 5.41) is 0. The molecule has 3 N–H and O–H groups in total. The van der Waals surface area contributed by atoms with Gasteiger partial charge in [-0.2, -0.15) is 0 Å². The average Bonchev–Trinajstić information content (AvgIpc) is 3.05. The SMILES string of the molecule is Cc1occc1C(=O)NNC(=O)CCNS(=O)(=O)c1ccc(C(C)(C)C)cc1. The van der Waals surface area contributed by atoms with Gasteiger partial charge in [0.05, 0.1) is 16.7 Å². The molecular formula is C19H25N3O5S. The van der Waals surface area contributed by atoms with Gasteiger partial charge < -0.3 is 4.42 Å². The molecular weight excluding hydrogens is 382 g/mol. The highest BCUT2D eigenvalue weighted by Gasteiger charge is 2.18. The Labute approximate surface area is 164 Å². The summed E-state index contributed by atoms with van der Waals surface area (Å²) in [4.78, 5) is 23.8. The Kier molecular flexibility index (Phi) is 6.63. The minimum atomic E-state index is -3.72. The maximum Gasteiger partial charge on any atom is 0.273 e. The first-order valence-corrected chi connectivity index (χ1v) is 10.2. The molecule has 0 saturated carbocycles. The number of rotatable bonds is 6. The monoisotopic (exact) mass is 407 g/mol. The predicted octanol–water partition coefficient (Wildman–Crippen LogP) is 2.02. The van der Waals surface area contributed by atoms with Crippen molar-refractivity contribution in [2.75, 3.05) is 6.54 Å². The lowest BCUT2D eigenvalue weighted by Crippen LogP contribution is -2.42. The fourth-order valence-electron chi connectivity index (χ4n) is 2.39. The molecule has 28 heavy (non-hydrogen) atoms. The first-order chi connectivity index (χ1) is 13.0. The maximum absolute atomic E-state index is 12.3. The van der Waals surface area contributed by atoms with E-state index in [-0.39, 0.29) is 23.3 Å². The molecule has 152 valence electrons. The van der Waals surface area contributed by atoms with E-state index in [0.717, 1.165) is 5.56 Å². The Morgan fingerprint density at radius 1 is 1.04 bits per heavy atom. The minimum Gasteiger partial charge on any atom is -0.469 e. The molecule has 1 aromatic carbocycles. The summed E-state index contributed by atoms with van der Waals surface area (Å²) in [5.41, 5.74) is 5.73. The van der Waals surface area contributed by atoms with Crippen molar-refractivity contribution < 1.29 is 22.4 Å². The molecule has 2 rings (SSSR count). The first kappa shape index (κ1) is 21.6. The molecule has 0 unspecified atom stereocenters. The van der Waals surface area contributed by atoms with Gasteiger partial charge in [-0.25, -0.2) is 13.1 Å². The second-order valence-corrected chi connectivity index (χ2v) is 9.08. The molecule has 8 nitrogen and oxygen atoms in total. The third kappa shape index (κ3) is 5.67. The highest BCUT2D eigenvalue weighted by Crippen LogP contribution is 2.23.